The normalized spacial score (nSPS) is 11.5. The molecule has 3 aromatic carbocycles. The average molecular weight is 437 g/mol. The van der Waals surface area contributed by atoms with Gasteiger partial charge in [0, 0.05) is 40.0 Å². The first-order valence-corrected chi connectivity index (χ1v) is 11.3. The van der Waals surface area contributed by atoms with E-state index in [4.69, 9.17) is 4.98 Å². The largest absolute Gasteiger partial charge is 0.308 e. The number of pyridine rings is 2. The number of imidazole rings is 1. The third kappa shape index (κ3) is 2.79. The zero-order valence-electron chi connectivity index (χ0n) is 18.3. The first-order chi connectivity index (χ1) is 16.9. The maximum Gasteiger partial charge on any atom is 0.137 e. The number of hydrogen-bond donors (Lipinski definition) is 0. The van der Waals surface area contributed by atoms with Crippen LogP contribution in [0.5, 0.6) is 0 Å². The zero-order chi connectivity index (χ0) is 22.5. The van der Waals surface area contributed by atoms with Crippen LogP contribution in [-0.4, -0.2) is 18.9 Å². The Balaban J connectivity index is 1.43. The lowest BCUT2D eigenvalue weighted by Gasteiger charge is -2.10. The lowest BCUT2D eigenvalue weighted by atomic mass is 10.0. The topological polar surface area (TPSA) is 35.1 Å². The van der Waals surface area contributed by atoms with E-state index in [2.05, 4.69) is 105 Å². The van der Waals surface area contributed by atoms with Crippen molar-refractivity contribution in [2.24, 2.45) is 0 Å². The zero-order valence-corrected chi connectivity index (χ0v) is 18.3. The Kier molecular flexibility index (Phi) is 4.11. The summed E-state index contributed by atoms with van der Waals surface area (Å²) in [4.78, 5) is 9.36. The predicted octanol–water partition coefficient (Wildman–Crippen LogP) is 7.16. The van der Waals surface area contributed by atoms with Crippen LogP contribution in [0.3, 0.4) is 0 Å². The van der Waals surface area contributed by atoms with Crippen molar-refractivity contribution >= 4 is 27.5 Å². The molecule has 7 aromatic rings. The van der Waals surface area contributed by atoms with E-state index >= 15 is 0 Å². The Bertz CT molecular complexity index is 1740. The van der Waals surface area contributed by atoms with E-state index in [1.807, 2.05) is 30.6 Å². The van der Waals surface area contributed by atoms with Gasteiger partial charge in [0.05, 0.1) is 28.6 Å². The van der Waals surface area contributed by atoms with E-state index < -0.39 is 0 Å². The van der Waals surface area contributed by atoms with E-state index in [-0.39, 0.29) is 0 Å². The molecule has 4 heterocycles. The third-order valence-electron chi connectivity index (χ3n) is 6.45. The van der Waals surface area contributed by atoms with E-state index in [9.17, 15) is 0 Å². The molecule has 4 heteroatoms. The third-order valence-corrected chi connectivity index (χ3v) is 6.45. The van der Waals surface area contributed by atoms with Gasteiger partial charge in [-0.15, -0.1) is 0 Å². The summed E-state index contributed by atoms with van der Waals surface area (Å²) in [6.07, 6.45) is 5.88. The molecule has 34 heavy (non-hydrogen) atoms. The van der Waals surface area contributed by atoms with Crippen molar-refractivity contribution in [3.05, 3.63) is 122 Å². The minimum Gasteiger partial charge on any atom is -0.308 e. The van der Waals surface area contributed by atoms with Crippen LogP contribution in [0.15, 0.2) is 122 Å². The molecule has 4 nitrogen and oxygen atoms in total. The maximum atomic E-state index is 4.96. The molecule has 7 rings (SSSR count). The Morgan fingerprint density at radius 1 is 0.588 bits per heavy atom. The maximum absolute atomic E-state index is 4.96. The lowest BCUT2D eigenvalue weighted by Crippen LogP contribution is -1.95. The van der Waals surface area contributed by atoms with Gasteiger partial charge in [0.2, 0.25) is 0 Å². The molecule has 0 bridgehead atoms. The molecule has 0 N–H and O–H groups in total. The SMILES string of the molecule is c1ccc(-c2nc3ccccn3c2-c2ccc(-n3c4ccccc4c4ccncc43)cc2)cc1. The summed E-state index contributed by atoms with van der Waals surface area (Å²) in [5.41, 5.74) is 8.65. The lowest BCUT2D eigenvalue weighted by molar-refractivity contribution is 1.16. The molecular weight excluding hydrogens is 416 g/mol. The molecule has 160 valence electrons. The molecule has 0 atom stereocenters. The number of aromatic nitrogens is 4. The molecule has 0 unspecified atom stereocenters. The highest BCUT2D eigenvalue weighted by molar-refractivity contribution is 6.08. The Morgan fingerprint density at radius 3 is 2.24 bits per heavy atom. The molecule has 0 amide bonds. The second kappa shape index (κ2) is 7.42. The van der Waals surface area contributed by atoms with Crippen molar-refractivity contribution in [1.29, 1.82) is 0 Å². The van der Waals surface area contributed by atoms with Gasteiger partial charge in [-0.05, 0) is 36.4 Å². The molecule has 0 spiro atoms. The fraction of sp³-hybridized carbons (Fsp3) is 0. The van der Waals surface area contributed by atoms with Crippen molar-refractivity contribution in [1.82, 2.24) is 18.9 Å². The molecule has 0 aliphatic rings. The Morgan fingerprint density at radius 2 is 1.35 bits per heavy atom. The van der Waals surface area contributed by atoms with E-state index in [0.29, 0.717) is 0 Å². The van der Waals surface area contributed by atoms with Crippen molar-refractivity contribution in [2.75, 3.05) is 0 Å². The summed E-state index contributed by atoms with van der Waals surface area (Å²) >= 11 is 0. The van der Waals surface area contributed by atoms with E-state index in [0.717, 1.165) is 39.4 Å². The Labute approximate surface area is 196 Å². The molecule has 0 saturated heterocycles. The number of para-hydroxylation sites is 1. The van der Waals surface area contributed by atoms with Crippen LogP contribution < -0.4 is 0 Å². The van der Waals surface area contributed by atoms with Crippen LogP contribution in [-0.2, 0) is 0 Å². The monoisotopic (exact) mass is 436 g/mol. The molecule has 0 aliphatic carbocycles. The number of rotatable bonds is 3. The fourth-order valence-corrected chi connectivity index (χ4v) is 4.93. The molecule has 0 radical (unpaired) electrons. The van der Waals surface area contributed by atoms with E-state index in [1.165, 1.54) is 16.3 Å². The smallest absolute Gasteiger partial charge is 0.137 e. The summed E-state index contributed by atoms with van der Waals surface area (Å²) < 4.78 is 4.45. The standard InChI is InChI=1S/C30H20N4/c1-2-8-21(9-3-1)29-30(33-19-7-6-12-28(33)32-29)22-13-15-23(16-14-22)34-26-11-5-4-10-24(26)25-17-18-31-20-27(25)34/h1-20H. The van der Waals surface area contributed by atoms with Gasteiger partial charge < -0.3 is 4.57 Å². The van der Waals surface area contributed by atoms with Crippen LogP contribution in [0.2, 0.25) is 0 Å². The van der Waals surface area contributed by atoms with Crippen LogP contribution in [0.1, 0.15) is 0 Å². The molecule has 0 saturated carbocycles. The van der Waals surface area contributed by atoms with Crippen LogP contribution >= 0.6 is 0 Å². The molecular formula is C30H20N4. The van der Waals surface area contributed by atoms with E-state index in [1.54, 1.807) is 0 Å². The molecule has 4 aromatic heterocycles. The highest BCUT2D eigenvalue weighted by atomic mass is 15.0. The minimum atomic E-state index is 0.939. The number of hydrogen-bond acceptors (Lipinski definition) is 2. The summed E-state index contributed by atoms with van der Waals surface area (Å²) in [5, 5.41) is 2.44. The van der Waals surface area contributed by atoms with Crippen molar-refractivity contribution in [3.63, 3.8) is 0 Å². The van der Waals surface area contributed by atoms with Gasteiger partial charge in [-0.1, -0.05) is 66.7 Å². The van der Waals surface area contributed by atoms with Crippen LogP contribution in [0.25, 0.3) is 55.7 Å². The highest BCUT2D eigenvalue weighted by Gasteiger charge is 2.17. The highest BCUT2D eigenvalue weighted by Crippen LogP contribution is 2.35. The summed E-state index contributed by atoms with van der Waals surface area (Å²) in [7, 11) is 0. The van der Waals surface area contributed by atoms with Crippen LogP contribution in [0, 0.1) is 0 Å². The quantitative estimate of drug-likeness (QED) is 0.295. The minimum absolute atomic E-state index is 0.939. The summed E-state index contributed by atoms with van der Waals surface area (Å²) in [6.45, 7) is 0. The van der Waals surface area contributed by atoms with Crippen LogP contribution in [0.4, 0.5) is 0 Å². The van der Waals surface area contributed by atoms with Gasteiger partial charge in [-0.25, -0.2) is 4.98 Å². The first kappa shape index (κ1) is 18.8. The number of benzene rings is 3. The predicted molar refractivity (Wildman–Crippen MR) is 138 cm³/mol. The van der Waals surface area contributed by atoms with Gasteiger partial charge in [0.15, 0.2) is 0 Å². The van der Waals surface area contributed by atoms with Crippen molar-refractivity contribution < 1.29 is 0 Å². The summed E-state index contributed by atoms with van der Waals surface area (Å²) in [5.74, 6) is 0. The molecule has 0 aliphatic heterocycles. The second-order valence-electron chi connectivity index (χ2n) is 8.40. The molecule has 0 fully saturated rings. The van der Waals surface area contributed by atoms with Gasteiger partial charge in [0.25, 0.3) is 0 Å². The number of fused-ring (bicyclic) bond motifs is 4. The van der Waals surface area contributed by atoms with Crippen molar-refractivity contribution in [2.45, 2.75) is 0 Å². The van der Waals surface area contributed by atoms with Crippen molar-refractivity contribution in [3.8, 4) is 28.2 Å². The van der Waals surface area contributed by atoms with Gasteiger partial charge in [-0.3, -0.25) is 9.38 Å². The summed E-state index contributed by atoms with van der Waals surface area (Å²) in [6, 6.07) is 35.9. The first-order valence-electron chi connectivity index (χ1n) is 11.3. The average Bonchev–Trinajstić information content (AvgIpc) is 3.46. The van der Waals surface area contributed by atoms with Gasteiger partial charge in [-0.2, -0.15) is 0 Å². The fourth-order valence-electron chi connectivity index (χ4n) is 4.93. The number of nitrogens with zero attached hydrogens (tertiary/aromatic N) is 4. The Hall–Kier alpha value is -4.70. The second-order valence-corrected chi connectivity index (χ2v) is 8.40. The van der Waals surface area contributed by atoms with Gasteiger partial charge in [0.1, 0.15) is 5.65 Å². The van der Waals surface area contributed by atoms with Gasteiger partial charge >= 0.3 is 0 Å².